The van der Waals surface area contributed by atoms with Crippen LogP contribution < -0.4 is 5.73 Å². The molecule has 0 atom stereocenters. The van der Waals surface area contributed by atoms with Crippen molar-refractivity contribution in [2.45, 2.75) is 24.4 Å². The molecule has 0 bridgehead atoms. The van der Waals surface area contributed by atoms with Crippen molar-refractivity contribution in [2.75, 3.05) is 6.54 Å². The minimum Gasteiger partial charge on any atom is -0.329 e. The first-order valence-electron chi connectivity index (χ1n) is 5.28. The highest BCUT2D eigenvalue weighted by Crippen LogP contribution is 2.20. The molecule has 2 heterocycles. The van der Waals surface area contributed by atoms with Crippen LogP contribution in [0, 0.1) is 6.92 Å². The highest BCUT2D eigenvalue weighted by Gasteiger charge is 2.10. The Morgan fingerprint density at radius 1 is 1.35 bits per heavy atom. The zero-order valence-electron chi connectivity index (χ0n) is 9.87. The summed E-state index contributed by atoms with van der Waals surface area (Å²) in [6.07, 6.45) is 1.69. The van der Waals surface area contributed by atoms with E-state index in [1.54, 1.807) is 18.1 Å². The van der Waals surface area contributed by atoms with Gasteiger partial charge in [-0.15, -0.1) is 20.4 Å². The van der Waals surface area contributed by atoms with Crippen LogP contribution in [0.15, 0.2) is 11.5 Å². The summed E-state index contributed by atoms with van der Waals surface area (Å²) in [6.45, 7) is 3.24. The third-order valence-electron chi connectivity index (χ3n) is 2.39. The highest BCUT2D eigenvalue weighted by molar-refractivity contribution is 7.98. The van der Waals surface area contributed by atoms with Gasteiger partial charge in [-0.05, 0) is 6.92 Å². The SMILES string of the molecule is Cc1nnc(SCc2nncn2C)n1CCN. The standard InChI is InChI=1S/C9H15N7S/c1-7-12-14-9(16(7)4-3-10)17-5-8-13-11-6-15(8)2/h6H,3-5,10H2,1-2H3. The lowest BCUT2D eigenvalue weighted by molar-refractivity contribution is 0.627. The lowest BCUT2D eigenvalue weighted by Crippen LogP contribution is -2.12. The van der Waals surface area contributed by atoms with Crippen molar-refractivity contribution in [3.63, 3.8) is 0 Å². The van der Waals surface area contributed by atoms with Crippen molar-refractivity contribution in [3.05, 3.63) is 18.0 Å². The molecule has 2 rings (SSSR count). The maximum absolute atomic E-state index is 5.56. The summed E-state index contributed by atoms with van der Waals surface area (Å²) < 4.78 is 3.91. The Balaban J connectivity index is 2.06. The van der Waals surface area contributed by atoms with Crippen molar-refractivity contribution in [1.82, 2.24) is 29.5 Å². The van der Waals surface area contributed by atoms with E-state index in [2.05, 4.69) is 20.4 Å². The second-order valence-corrected chi connectivity index (χ2v) is 4.56. The fraction of sp³-hybridized carbons (Fsp3) is 0.556. The van der Waals surface area contributed by atoms with E-state index in [4.69, 9.17) is 5.73 Å². The summed E-state index contributed by atoms with van der Waals surface area (Å²) in [7, 11) is 1.92. The van der Waals surface area contributed by atoms with Gasteiger partial charge in [0.2, 0.25) is 0 Å². The second-order valence-electron chi connectivity index (χ2n) is 3.62. The fourth-order valence-corrected chi connectivity index (χ4v) is 2.42. The van der Waals surface area contributed by atoms with Crippen LogP contribution in [0.5, 0.6) is 0 Å². The van der Waals surface area contributed by atoms with E-state index >= 15 is 0 Å². The van der Waals surface area contributed by atoms with Crippen molar-refractivity contribution in [1.29, 1.82) is 0 Å². The topological polar surface area (TPSA) is 87.4 Å². The molecule has 0 saturated carbocycles. The zero-order chi connectivity index (χ0) is 12.3. The average Bonchev–Trinajstić information content (AvgIpc) is 2.86. The molecule has 0 aliphatic heterocycles. The van der Waals surface area contributed by atoms with Crippen LogP contribution in [0.1, 0.15) is 11.6 Å². The predicted molar refractivity (Wildman–Crippen MR) is 64.4 cm³/mol. The molecule has 0 fully saturated rings. The van der Waals surface area contributed by atoms with Gasteiger partial charge >= 0.3 is 0 Å². The van der Waals surface area contributed by atoms with Crippen molar-refractivity contribution in [3.8, 4) is 0 Å². The van der Waals surface area contributed by atoms with E-state index in [0.717, 1.165) is 29.1 Å². The first-order chi connectivity index (χ1) is 8.22. The Bertz CT molecular complexity index is 489. The summed E-state index contributed by atoms with van der Waals surface area (Å²) in [4.78, 5) is 0. The molecule has 7 nitrogen and oxygen atoms in total. The first kappa shape index (κ1) is 12.1. The Morgan fingerprint density at radius 2 is 2.18 bits per heavy atom. The van der Waals surface area contributed by atoms with E-state index in [0.29, 0.717) is 6.54 Å². The molecule has 0 spiro atoms. The summed E-state index contributed by atoms with van der Waals surface area (Å²) in [5, 5.41) is 16.9. The van der Waals surface area contributed by atoms with Crippen LogP contribution in [0.3, 0.4) is 0 Å². The van der Waals surface area contributed by atoms with E-state index in [1.807, 2.05) is 23.1 Å². The Morgan fingerprint density at radius 3 is 2.82 bits per heavy atom. The number of nitrogens with two attached hydrogens (primary N) is 1. The molecule has 2 N–H and O–H groups in total. The number of rotatable bonds is 5. The van der Waals surface area contributed by atoms with Gasteiger partial charge in [-0.3, -0.25) is 0 Å². The van der Waals surface area contributed by atoms with Crippen LogP contribution in [0.2, 0.25) is 0 Å². The summed E-state index contributed by atoms with van der Waals surface area (Å²) in [6, 6.07) is 0. The molecule has 0 amide bonds. The summed E-state index contributed by atoms with van der Waals surface area (Å²) in [5.74, 6) is 2.52. The van der Waals surface area contributed by atoms with Crippen LogP contribution in [0.4, 0.5) is 0 Å². The third kappa shape index (κ3) is 2.64. The van der Waals surface area contributed by atoms with Gasteiger partial charge in [0, 0.05) is 20.1 Å². The third-order valence-corrected chi connectivity index (χ3v) is 3.35. The fourth-order valence-electron chi connectivity index (χ4n) is 1.42. The number of hydrogen-bond acceptors (Lipinski definition) is 6. The van der Waals surface area contributed by atoms with E-state index in [1.165, 1.54) is 0 Å². The summed E-state index contributed by atoms with van der Waals surface area (Å²) in [5.41, 5.74) is 5.56. The molecule has 8 heteroatoms. The van der Waals surface area contributed by atoms with Gasteiger partial charge in [0.1, 0.15) is 18.0 Å². The molecule has 0 aliphatic rings. The maximum atomic E-state index is 5.56. The smallest absolute Gasteiger partial charge is 0.191 e. The Hall–Kier alpha value is -1.41. The normalized spacial score (nSPS) is 11.0. The largest absolute Gasteiger partial charge is 0.329 e. The van der Waals surface area contributed by atoms with Gasteiger partial charge in [0.15, 0.2) is 5.16 Å². The quantitative estimate of drug-likeness (QED) is 0.753. The van der Waals surface area contributed by atoms with E-state index in [9.17, 15) is 0 Å². The number of aromatic nitrogens is 6. The van der Waals surface area contributed by atoms with Crippen LogP contribution >= 0.6 is 11.8 Å². The number of hydrogen-bond donors (Lipinski definition) is 1. The van der Waals surface area contributed by atoms with Gasteiger partial charge < -0.3 is 14.9 Å². The monoisotopic (exact) mass is 253 g/mol. The average molecular weight is 253 g/mol. The lowest BCUT2D eigenvalue weighted by atomic mass is 10.6. The molecular weight excluding hydrogens is 238 g/mol. The van der Waals surface area contributed by atoms with Crippen molar-refractivity contribution < 1.29 is 0 Å². The molecule has 0 radical (unpaired) electrons. The van der Waals surface area contributed by atoms with E-state index < -0.39 is 0 Å². The molecule has 2 aromatic heterocycles. The van der Waals surface area contributed by atoms with Crippen molar-refractivity contribution in [2.24, 2.45) is 12.8 Å². The molecule has 2 aromatic rings. The van der Waals surface area contributed by atoms with E-state index in [-0.39, 0.29) is 0 Å². The Labute approximate surface area is 103 Å². The highest BCUT2D eigenvalue weighted by atomic mass is 32.2. The first-order valence-corrected chi connectivity index (χ1v) is 6.26. The van der Waals surface area contributed by atoms with Gasteiger partial charge in [0.25, 0.3) is 0 Å². The van der Waals surface area contributed by atoms with Crippen LogP contribution in [-0.4, -0.2) is 36.1 Å². The molecule has 0 saturated heterocycles. The number of nitrogens with zero attached hydrogens (tertiary/aromatic N) is 6. The minimum atomic E-state index is 0.580. The van der Waals surface area contributed by atoms with Gasteiger partial charge in [0.05, 0.1) is 5.75 Å². The van der Waals surface area contributed by atoms with Gasteiger partial charge in [-0.1, -0.05) is 11.8 Å². The summed E-state index contributed by atoms with van der Waals surface area (Å²) >= 11 is 1.59. The molecular formula is C9H15N7S. The molecule has 0 unspecified atom stereocenters. The minimum absolute atomic E-state index is 0.580. The van der Waals surface area contributed by atoms with Crippen molar-refractivity contribution >= 4 is 11.8 Å². The predicted octanol–water partition coefficient (Wildman–Crippen LogP) is -0.0340. The maximum Gasteiger partial charge on any atom is 0.191 e. The Kier molecular flexibility index (Phi) is 3.75. The number of aryl methyl sites for hydroxylation is 2. The molecule has 17 heavy (non-hydrogen) atoms. The molecule has 0 aliphatic carbocycles. The van der Waals surface area contributed by atoms with Crippen LogP contribution in [-0.2, 0) is 19.3 Å². The van der Waals surface area contributed by atoms with Gasteiger partial charge in [-0.2, -0.15) is 0 Å². The molecule has 92 valence electrons. The van der Waals surface area contributed by atoms with Crippen LogP contribution in [0.25, 0.3) is 0 Å². The number of thioether (sulfide) groups is 1. The van der Waals surface area contributed by atoms with Gasteiger partial charge in [-0.25, -0.2) is 0 Å². The molecule has 0 aromatic carbocycles. The lowest BCUT2D eigenvalue weighted by Gasteiger charge is -2.05. The zero-order valence-corrected chi connectivity index (χ0v) is 10.7. The second kappa shape index (κ2) is 5.28.